The van der Waals surface area contributed by atoms with Crippen molar-refractivity contribution in [2.24, 2.45) is 5.73 Å². The van der Waals surface area contributed by atoms with Gasteiger partial charge < -0.3 is 22.1 Å². The van der Waals surface area contributed by atoms with Crippen LogP contribution in [0.3, 0.4) is 0 Å². The standard InChI is InChI=1S/C12H21N5O2/c13-5-1-6-15-7-2-8-16-11-4-3-10(14)9-12(11)17(18)19/h3-4,9,15-16H,1-2,5-8,13-14H2. The maximum Gasteiger partial charge on any atom is 0.294 e. The fourth-order valence-corrected chi connectivity index (χ4v) is 1.64. The number of hydrogen-bond donors (Lipinski definition) is 4. The highest BCUT2D eigenvalue weighted by Gasteiger charge is 2.13. The summed E-state index contributed by atoms with van der Waals surface area (Å²) in [5, 5.41) is 17.2. The molecule has 0 bridgehead atoms. The lowest BCUT2D eigenvalue weighted by atomic mass is 10.2. The molecule has 0 radical (unpaired) electrons. The number of hydrogen-bond acceptors (Lipinski definition) is 6. The summed E-state index contributed by atoms with van der Waals surface area (Å²) in [5.41, 5.74) is 11.8. The second-order valence-electron chi connectivity index (χ2n) is 4.21. The summed E-state index contributed by atoms with van der Waals surface area (Å²) >= 11 is 0. The van der Waals surface area contributed by atoms with Crippen molar-refractivity contribution in [1.82, 2.24) is 5.32 Å². The Morgan fingerprint density at radius 3 is 2.63 bits per heavy atom. The molecule has 0 saturated carbocycles. The van der Waals surface area contributed by atoms with E-state index in [0.717, 1.165) is 25.9 Å². The third-order valence-corrected chi connectivity index (χ3v) is 2.62. The minimum absolute atomic E-state index is 0.0103. The second-order valence-corrected chi connectivity index (χ2v) is 4.21. The van der Waals surface area contributed by atoms with Crippen LogP contribution in [0.5, 0.6) is 0 Å². The van der Waals surface area contributed by atoms with Gasteiger partial charge in [-0.2, -0.15) is 0 Å². The zero-order chi connectivity index (χ0) is 14.1. The van der Waals surface area contributed by atoms with Gasteiger partial charge in [-0.15, -0.1) is 0 Å². The van der Waals surface area contributed by atoms with Crippen LogP contribution in [0, 0.1) is 10.1 Å². The molecule has 106 valence electrons. The predicted octanol–water partition coefficient (Wildman–Crippen LogP) is 0.917. The number of nitrogens with one attached hydrogen (secondary N) is 2. The van der Waals surface area contributed by atoms with E-state index in [1.165, 1.54) is 6.07 Å². The van der Waals surface area contributed by atoms with Gasteiger partial charge in [-0.05, 0) is 44.6 Å². The van der Waals surface area contributed by atoms with Crippen molar-refractivity contribution in [3.63, 3.8) is 0 Å². The number of nitro groups is 1. The summed E-state index contributed by atoms with van der Waals surface area (Å²) in [6.45, 7) is 3.11. The SMILES string of the molecule is NCCCNCCCNc1ccc(N)cc1[N+](=O)[O-]. The molecule has 0 unspecified atom stereocenters. The van der Waals surface area contributed by atoms with Crippen molar-refractivity contribution in [2.75, 3.05) is 37.2 Å². The average Bonchev–Trinajstić information content (AvgIpc) is 2.39. The highest BCUT2D eigenvalue weighted by Crippen LogP contribution is 2.26. The van der Waals surface area contributed by atoms with Crippen LogP contribution in [0.25, 0.3) is 0 Å². The fraction of sp³-hybridized carbons (Fsp3) is 0.500. The fourth-order valence-electron chi connectivity index (χ4n) is 1.64. The Bertz CT molecular complexity index is 411. The van der Waals surface area contributed by atoms with E-state index >= 15 is 0 Å². The van der Waals surface area contributed by atoms with Gasteiger partial charge >= 0.3 is 0 Å². The molecule has 0 saturated heterocycles. The van der Waals surface area contributed by atoms with E-state index in [9.17, 15) is 10.1 Å². The molecule has 0 aliphatic carbocycles. The maximum absolute atomic E-state index is 10.9. The summed E-state index contributed by atoms with van der Waals surface area (Å²) in [6, 6.07) is 4.64. The van der Waals surface area contributed by atoms with Crippen molar-refractivity contribution >= 4 is 17.1 Å². The van der Waals surface area contributed by atoms with Crippen LogP contribution < -0.4 is 22.1 Å². The molecule has 0 fully saturated rings. The van der Waals surface area contributed by atoms with E-state index in [1.807, 2.05) is 0 Å². The lowest BCUT2D eigenvalue weighted by molar-refractivity contribution is -0.383. The molecule has 0 atom stereocenters. The van der Waals surface area contributed by atoms with Crippen LogP contribution in [0.4, 0.5) is 17.1 Å². The molecule has 1 aromatic carbocycles. The Balaban J connectivity index is 2.35. The lowest BCUT2D eigenvalue weighted by Gasteiger charge is -2.08. The van der Waals surface area contributed by atoms with Gasteiger partial charge in [-0.3, -0.25) is 10.1 Å². The first-order valence-corrected chi connectivity index (χ1v) is 6.33. The number of nitrogen functional groups attached to an aromatic ring is 1. The van der Waals surface area contributed by atoms with Crippen molar-refractivity contribution in [3.8, 4) is 0 Å². The van der Waals surface area contributed by atoms with E-state index in [-0.39, 0.29) is 5.69 Å². The summed E-state index contributed by atoms with van der Waals surface area (Å²) in [5.74, 6) is 0. The van der Waals surface area contributed by atoms with Crippen LogP contribution in [-0.4, -0.2) is 31.1 Å². The summed E-state index contributed by atoms with van der Waals surface area (Å²) < 4.78 is 0. The Labute approximate surface area is 112 Å². The van der Waals surface area contributed by atoms with Gasteiger partial charge in [-0.25, -0.2) is 0 Å². The van der Waals surface area contributed by atoms with Crippen LogP contribution in [0.15, 0.2) is 18.2 Å². The van der Waals surface area contributed by atoms with E-state index in [0.29, 0.717) is 24.5 Å². The molecule has 7 nitrogen and oxygen atoms in total. The topological polar surface area (TPSA) is 119 Å². The summed E-state index contributed by atoms with van der Waals surface area (Å²) in [6.07, 6.45) is 1.84. The molecular weight excluding hydrogens is 246 g/mol. The van der Waals surface area contributed by atoms with Crippen LogP contribution in [0.1, 0.15) is 12.8 Å². The zero-order valence-corrected chi connectivity index (χ0v) is 10.9. The Kier molecular flexibility index (Phi) is 6.62. The number of nitrogens with zero attached hydrogens (tertiary/aromatic N) is 1. The number of anilines is 2. The van der Waals surface area contributed by atoms with E-state index in [1.54, 1.807) is 12.1 Å². The predicted molar refractivity (Wildman–Crippen MR) is 77.2 cm³/mol. The van der Waals surface area contributed by atoms with Crippen LogP contribution >= 0.6 is 0 Å². The van der Waals surface area contributed by atoms with Gasteiger partial charge in [-0.1, -0.05) is 0 Å². The quantitative estimate of drug-likeness (QED) is 0.228. The minimum Gasteiger partial charge on any atom is -0.399 e. The molecule has 7 heteroatoms. The maximum atomic E-state index is 10.9. The number of nitrogens with two attached hydrogens (primary N) is 2. The van der Waals surface area contributed by atoms with Gasteiger partial charge in [0.1, 0.15) is 5.69 Å². The third-order valence-electron chi connectivity index (χ3n) is 2.62. The first-order valence-electron chi connectivity index (χ1n) is 6.33. The number of rotatable bonds is 9. The molecule has 0 aliphatic heterocycles. The molecule has 0 spiro atoms. The minimum atomic E-state index is -0.432. The lowest BCUT2D eigenvalue weighted by Crippen LogP contribution is -2.21. The number of benzene rings is 1. The highest BCUT2D eigenvalue weighted by atomic mass is 16.6. The highest BCUT2D eigenvalue weighted by molar-refractivity contribution is 5.66. The van der Waals surface area contributed by atoms with E-state index in [4.69, 9.17) is 11.5 Å². The van der Waals surface area contributed by atoms with Gasteiger partial charge in [0.25, 0.3) is 5.69 Å². The zero-order valence-electron chi connectivity index (χ0n) is 10.9. The molecule has 19 heavy (non-hydrogen) atoms. The molecule has 1 rings (SSSR count). The van der Waals surface area contributed by atoms with Crippen molar-refractivity contribution in [3.05, 3.63) is 28.3 Å². The van der Waals surface area contributed by atoms with E-state index in [2.05, 4.69) is 10.6 Å². The molecule has 0 aromatic heterocycles. The summed E-state index contributed by atoms with van der Waals surface area (Å²) in [7, 11) is 0. The molecule has 6 N–H and O–H groups in total. The Hall–Kier alpha value is -1.86. The Morgan fingerprint density at radius 1 is 1.21 bits per heavy atom. The summed E-state index contributed by atoms with van der Waals surface area (Å²) in [4.78, 5) is 10.4. The van der Waals surface area contributed by atoms with Crippen molar-refractivity contribution < 1.29 is 4.92 Å². The number of nitro benzene ring substituents is 1. The van der Waals surface area contributed by atoms with Crippen LogP contribution in [0.2, 0.25) is 0 Å². The molecule has 1 aromatic rings. The smallest absolute Gasteiger partial charge is 0.294 e. The monoisotopic (exact) mass is 267 g/mol. The van der Waals surface area contributed by atoms with E-state index < -0.39 is 4.92 Å². The first-order chi connectivity index (χ1) is 9.15. The van der Waals surface area contributed by atoms with Gasteiger partial charge in [0.15, 0.2) is 0 Å². The van der Waals surface area contributed by atoms with Crippen LogP contribution in [-0.2, 0) is 0 Å². The molecule has 0 amide bonds. The first kappa shape index (κ1) is 15.2. The van der Waals surface area contributed by atoms with Crippen molar-refractivity contribution in [1.29, 1.82) is 0 Å². The van der Waals surface area contributed by atoms with Gasteiger partial charge in [0.2, 0.25) is 0 Å². The molecule has 0 heterocycles. The largest absolute Gasteiger partial charge is 0.399 e. The normalized spacial score (nSPS) is 10.4. The van der Waals surface area contributed by atoms with Gasteiger partial charge in [0.05, 0.1) is 4.92 Å². The molecular formula is C12H21N5O2. The molecule has 0 aliphatic rings. The van der Waals surface area contributed by atoms with Crippen molar-refractivity contribution in [2.45, 2.75) is 12.8 Å². The second kappa shape index (κ2) is 8.28. The Morgan fingerprint density at radius 2 is 1.95 bits per heavy atom. The van der Waals surface area contributed by atoms with Gasteiger partial charge in [0, 0.05) is 18.3 Å². The third kappa shape index (κ3) is 5.54. The average molecular weight is 267 g/mol.